The van der Waals surface area contributed by atoms with Gasteiger partial charge in [0.1, 0.15) is 0 Å². The maximum absolute atomic E-state index is 2.85. The van der Waals surface area contributed by atoms with Crippen LogP contribution in [0.5, 0.6) is 0 Å². The maximum atomic E-state index is 2.85. The first-order chi connectivity index (χ1) is 13.7. The number of unbranched alkanes of at least 4 members (excludes halogenated alkanes) is 15. The number of hydrogen-bond donors (Lipinski definition) is 0. The van der Waals surface area contributed by atoms with Crippen molar-refractivity contribution in [2.45, 2.75) is 136 Å². The van der Waals surface area contributed by atoms with E-state index >= 15 is 0 Å². The molecular formula is C25H56Br2NP. The summed E-state index contributed by atoms with van der Waals surface area (Å²) >= 11 is 2.85. The van der Waals surface area contributed by atoms with Crippen LogP contribution in [0.15, 0.2) is 0 Å². The summed E-state index contributed by atoms with van der Waals surface area (Å²) in [6, 6.07) is 0. The van der Waals surface area contributed by atoms with Gasteiger partial charge in [-0.25, -0.2) is 0 Å². The predicted molar refractivity (Wildman–Crippen MR) is 140 cm³/mol. The van der Waals surface area contributed by atoms with Gasteiger partial charge in [-0.3, -0.25) is 0 Å². The van der Waals surface area contributed by atoms with Crippen LogP contribution in [0.2, 0.25) is 0 Å². The van der Waals surface area contributed by atoms with Crippen molar-refractivity contribution in [3.8, 4) is 0 Å². The second kappa shape index (κ2) is 29.4. The standard InChI is InChI=1S/C25H54N.BrH2P.BrH/c1-5-8-11-14-17-20-23-26(4,24-21-18-15-12-9-6-2)25-22-19-16-13-10-7-3;1-2;/h5-25H2,1-4H3;2H2;1H/q+1;;/p-1. The highest BCUT2D eigenvalue weighted by atomic mass is 79.9. The Hall–Kier alpha value is 1.35. The lowest BCUT2D eigenvalue weighted by molar-refractivity contribution is -0.910. The summed E-state index contributed by atoms with van der Waals surface area (Å²) in [5, 5.41) is 0. The van der Waals surface area contributed by atoms with Crippen molar-refractivity contribution < 1.29 is 21.5 Å². The topological polar surface area (TPSA) is 0 Å². The van der Waals surface area contributed by atoms with Gasteiger partial charge in [-0.1, -0.05) is 121 Å². The van der Waals surface area contributed by atoms with E-state index in [1.54, 1.807) is 0 Å². The first-order valence-electron chi connectivity index (χ1n) is 12.7. The van der Waals surface area contributed by atoms with Crippen LogP contribution in [0.4, 0.5) is 0 Å². The van der Waals surface area contributed by atoms with Gasteiger partial charge in [0.15, 0.2) is 0 Å². The molecule has 1 nitrogen and oxygen atoms in total. The third-order valence-electron chi connectivity index (χ3n) is 6.15. The Morgan fingerprint density at radius 2 is 0.655 bits per heavy atom. The Morgan fingerprint density at radius 3 is 0.897 bits per heavy atom. The summed E-state index contributed by atoms with van der Waals surface area (Å²) in [4.78, 5) is 0. The molecule has 0 saturated heterocycles. The molecule has 4 heteroatoms. The number of halogens is 2. The molecule has 0 heterocycles. The van der Waals surface area contributed by atoms with Crippen molar-refractivity contribution in [3.63, 3.8) is 0 Å². The molecule has 1 atom stereocenters. The van der Waals surface area contributed by atoms with E-state index in [2.05, 4.69) is 51.3 Å². The SMILES string of the molecule is CCCCCCCC[N+](C)(CCCCCCCC)CCCCCCCC.PBr.[Br-]. The Bertz CT molecular complexity index is 237. The van der Waals surface area contributed by atoms with E-state index in [0.717, 1.165) is 0 Å². The normalized spacial score (nSPS) is 11.0. The van der Waals surface area contributed by atoms with Crippen molar-refractivity contribution >= 4 is 23.4 Å². The van der Waals surface area contributed by atoms with Gasteiger partial charge >= 0.3 is 0 Å². The van der Waals surface area contributed by atoms with Gasteiger partial charge in [-0.2, -0.15) is 0 Å². The molecule has 0 amide bonds. The van der Waals surface area contributed by atoms with Crippen LogP contribution in [0.25, 0.3) is 0 Å². The number of nitrogens with zero attached hydrogens (tertiary/aromatic N) is 1. The minimum Gasteiger partial charge on any atom is -1.00 e. The Kier molecular flexibility index (Phi) is 35.4. The largest absolute Gasteiger partial charge is 1.00 e. The zero-order chi connectivity index (χ0) is 21.3. The summed E-state index contributed by atoms with van der Waals surface area (Å²) in [5.41, 5.74) is 0. The molecule has 0 bridgehead atoms. The molecule has 0 aromatic carbocycles. The molecular weight excluding hydrogens is 505 g/mol. The molecule has 0 aliphatic carbocycles. The minimum atomic E-state index is 0. The highest BCUT2D eigenvalue weighted by molar-refractivity contribution is 9.34. The van der Waals surface area contributed by atoms with Crippen LogP contribution in [0.3, 0.4) is 0 Å². The van der Waals surface area contributed by atoms with Crippen molar-refractivity contribution in [2.24, 2.45) is 0 Å². The van der Waals surface area contributed by atoms with Gasteiger partial charge in [-0.05, 0) is 38.5 Å². The fourth-order valence-corrected chi connectivity index (χ4v) is 4.16. The maximum Gasteiger partial charge on any atom is 0.0784 e. The van der Waals surface area contributed by atoms with E-state index < -0.39 is 0 Å². The fraction of sp³-hybridized carbons (Fsp3) is 1.00. The monoisotopic (exact) mass is 559 g/mol. The lowest BCUT2D eigenvalue weighted by Crippen LogP contribution is -3.00. The summed E-state index contributed by atoms with van der Waals surface area (Å²) in [7, 11) is 4.79. The van der Waals surface area contributed by atoms with Gasteiger partial charge in [0.25, 0.3) is 0 Å². The first kappa shape index (κ1) is 35.0. The van der Waals surface area contributed by atoms with Crippen LogP contribution in [-0.4, -0.2) is 31.2 Å². The lowest BCUT2D eigenvalue weighted by atomic mass is 10.1. The smallest absolute Gasteiger partial charge is 0.0784 e. The molecule has 180 valence electrons. The van der Waals surface area contributed by atoms with Gasteiger partial charge in [-0.15, -0.1) is 0 Å². The minimum absolute atomic E-state index is 0. The van der Waals surface area contributed by atoms with Crippen LogP contribution in [-0.2, 0) is 0 Å². The average Bonchev–Trinajstić information content (AvgIpc) is 2.71. The summed E-state index contributed by atoms with van der Waals surface area (Å²) in [5.74, 6) is 0. The summed E-state index contributed by atoms with van der Waals surface area (Å²) in [6.07, 6.45) is 25.9. The Balaban J connectivity index is -0.00000218. The van der Waals surface area contributed by atoms with Gasteiger partial charge in [0.05, 0.1) is 26.7 Å². The Morgan fingerprint density at radius 1 is 0.448 bits per heavy atom. The highest BCUT2D eigenvalue weighted by Gasteiger charge is 2.20. The zero-order valence-corrected chi connectivity index (χ0v) is 25.0. The van der Waals surface area contributed by atoms with E-state index in [1.807, 2.05) is 0 Å². The van der Waals surface area contributed by atoms with Crippen molar-refractivity contribution in [2.75, 3.05) is 26.7 Å². The average molecular weight is 562 g/mol. The first-order valence-corrected chi connectivity index (χ1v) is 15.9. The molecule has 0 N–H and O–H groups in total. The molecule has 1 unspecified atom stereocenters. The zero-order valence-electron chi connectivity index (χ0n) is 20.6. The molecule has 0 aromatic heterocycles. The number of quaternary nitrogens is 1. The number of hydrogen-bond acceptors (Lipinski definition) is 0. The van der Waals surface area contributed by atoms with Crippen LogP contribution in [0.1, 0.15) is 136 Å². The summed E-state index contributed by atoms with van der Waals surface area (Å²) in [6.45, 7) is 11.2. The third-order valence-corrected chi connectivity index (χ3v) is 6.15. The molecule has 0 aromatic rings. The van der Waals surface area contributed by atoms with Crippen molar-refractivity contribution in [1.29, 1.82) is 0 Å². The predicted octanol–water partition coefficient (Wildman–Crippen LogP) is 6.69. The van der Waals surface area contributed by atoms with Crippen LogP contribution < -0.4 is 17.0 Å². The molecule has 0 radical (unpaired) electrons. The van der Waals surface area contributed by atoms with E-state index in [0.29, 0.717) is 0 Å². The second-order valence-electron chi connectivity index (χ2n) is 9.09. The molecule has 0 aliphatic rings. The van der Waals surface area contributed by atoms with Crippen LogP contribution >= 0.6 is 23.4 Å². The van der Waals surface area contributed by atoms with Gasteiger partial charge < -0.3 is 21.5 Å². The molecule has 0 spiro atoms. The molecule has 0 rings (SSSR count). The lowest BCUT2D eigenvalue weighted by Gasteiger charge is -2.35. The van der Waals surface area contributed by atoms with E-state index in [4.69, 9.17) is 0 Å². The molecule has 0 aliphatic heterocycles. The van der Waals surface area contributed by atoms with E-state index in [1.165, 1.54) is 140 Å². The second-order valence-corrected chi connectivity index (χ2v) is 9.09. The van der Waals surface area contributed by atoms with Gasteiger partial charge in [0, 0.05) is 0 Å². The number of rotatable bonds is 21. The van der Waals surface area contributed by atoms with E-state index in [-0.39, 0.29) is 17.0 Å². The fourth-order valence-electron chi connectivity index (χ4n) is 4.16. The van der Waals surface area contributed by atoms with Crippen molar-refractivity contribution in [1.82, 2.24) is 0 Å². The molecule has 0 saturated carbocycles. The quantitative estimate of drug-likeness (QED) is 0.0833. The molecule has 0 fully saturated rings. The van der Waals surface area contributed by atoms with Crippen molar-refractivity contribution in [3.05, 3.63) is 0 Å². The highest BCUT2D eigenvalue weighted by Crippen LogP contribution is 2.16. The third kappa shape index (κ3) is 27.3. The summed E-state index contributed by atoms with van der Waals surface area (Å²) < 4.78 is 1.36. The van der Waals surface area contributed by atoms with Gasteiger partial charge in [0.2, 0.25) is 0 Å². The molecule has 29 heavy (non-hydrogen) atoms. The Labute approximate surface area is 207 Å². The van der Waals surface area contributed by atoms with E-state index in [9.17, 15) is 0 Å². The van der Waals surface area contributed by atoms with Crippen LogP contribution in [0, 0.1) is 0 Å².